The fourth-order valence-electron chi connectivity index (χ4n) is 2.11. The van der Waals surface area contributed by atoms with Gasteiger partial charge in [0.1, 0.15) is 0 Å². The first-order valence-corrected chi connectivity index (χ1v) is 8.26. The Morgan fingerprint density at radius 3 is 2.14 bits per heavy atom. The SMILES string of the molecule is Cc1ccccc1N(C)S(=O)(=O)Cc1ccc(CO)cc1. The van der Waals surface area contributed by atoms with Crippen molar-refractivity contribution in [3.05, 3.63) is 65.2 Å². The van der Waals surface area contributed by atoms with Gasteiger partial charge in [0.25, 0.3) is 0 Å². The third kappa shape index (κ3) is 3.62. The van der Waals surface area contributed by atoms with Gasteiger partial charge >= 0.3 is 0 Å². The lowest BCUT2D eigenvalue weighted by Gasteiger charge is -2.21. The van der Waals surface area contributed by atoms with Crippen LogP contribution in [0.25, 0.3) is 0 Å². The van der Waals surface area contributed by atoms with Crippen LogP contribution in [-0.2, 0) is 22.4 Å². The van der Waals surface area contributed by atoms with Crippen LogP contribution in [0.4, 0.5) is 5.69 Å². The molecule has 0 aliphatic carbocycles. The number of sulfonamides is 1. The van der Waals surface area contributed by atoms with Gasteiger partial charge in [-0.1, -0.05) is 42.5 Å². The predicted molar refractivity (Wildman–Crippen MR) is 84.6 cm³/mol. The van der Waals surface area contributed by atoms with Gasteiger partial charge in [-0.15, -0.1) is 0 Å². The summed E-state index contributed by atoms with van der Waals surface area (Å²) in [5, 5.41) is 9.00. The van der Waals surface area contributed by atoms with Crippen LogP contribution in [0.3, 0.4) is 0 Å². The number of rotatable bonds is 5. The fraction of sp³-hybridized carbons (Fsp3) is 0.250. The fourth-order valence-corrected chi connectivity index (χ4v) is 3.43. The molecule has 2 aromatic carbocycles. The Morgan fingerprint density at radius 2 is 1.57 bits per heavy atom. The lowest BCUT2D eigenvalue weighted by atomic mass is 10.2. The van der Waals surface area contributed by atoms with Crippen molar-refractivity contribution >= 4 is 15.7 Å². The van der Waals surface area contributed by atoms with E-state index in [-0.39, 0.29) is 12.4 Å². The zero-order chi connectivity index (χ0) is 15.5. The van der Waals surface area contributed by atoms with Crippen LogP contribution in [0, 0.1) is 6.92 Å². The minimum atomic E-state index is -3.44. The van der Waals surface area contributed by atoms with Crippen LogP contribution in [-0.4, -0.2) is 20.6 Å². The number of hydrogen-bond donors (Lipinski definition) is 1. The molecule has 5 heteroatoms. The molecule has 0 aliphatic rings. The van der Waals surface area contributed by atoms with Gasteiger partial charge in [-0.05, 0) is 29.7 Å². The van der Waals surface area contributed by atoms with E-state index >= 15 is 0 Å². The normalized spacial score (nSPS) is 11.4. The van der Waals surface area contributed by atoms with Gasteiger partial charge in [0.2, 0.25) is 10.0 Å². The number of nitrogens with zero attached hydrogens (tertiary/aromatic N) is 1. The lowest BCUT2D eigenvalue weighted by Crippen LogP contribution is -2.28. The summed E-state index contributed by atoms with van der Waals surface area (Å²) in [6.07, 6.45) is 0. The van der Waals surface area contributed by atoms with Crippen LogP contribution in [0.15, 0.2) is 48.5 Å². The molecule has 0 spiro atoms. The first-order valence-electron chi connectivity index (χ1n) is 6.65. The largest absolute Gasteiger partial charge is 0.392 e. The monoisotopic (exact) mass is 305 g/mol. The second kappa shape index (κ2) is 6.28. The second-order valence-corrected chi connectivity index (χ2v) is 6.99. The molecule has 0 saturated heterocycles. The quantitative estimate of drug-likeness (QED) is 0.923. The molecular weight excluding hydrogens is 286 g/mol. The summed E-state index contributed by atoms with van der Waals surface area (Å²) < 4.78 is 26.3. The summed E-state index contributed by atoms with van der Waals surface area (Å²) in [6.45, 7) is 1.84. The first-order chi connectivity index (χ1) is 9.94. The topological polar surface area (TPSA) is 57.6 Å². The second-order valence-electron chi connectivity index (χ2n) is 4.98. The average molecular weight is 305 g/mol. The van der Waals surface area contributed by atoms with E-state index in [9.17, 15) is 8.42 Å². The van der Waals surface area contributed by atoms with Crippen LogP contribution in [0.1, 0.15) is 16.7 Å². The van der Waals surface area contributed by atoms with Gasteiger partial charge < -0.3 is 5.11 Å². The maximum absolute atomic E-state index is 12.5. The van der Waals surface area contributed by atoms with Gasteiger partial charge in [0.05, 0.1) is 18.0 Å². The highest BCUT2D eigenvalue weighted by atomic mass is 32.2. The third-order valence-corrected chi connectivity index (χ3v) is 5.16. The van der Waals surface area contributed by atoms with E-state index in [0.717, 1.165) is 11.1 Å². The Labute approximate surface area is 125 Å². The van der Waals surface area contributed by atoms with Gasteiger partial charge in [0, 0.05) is 7.05 Å². The van der Waals surface area contributed by atoms with Gasteiger partial charge in [-0.3, -0.25) is 4.31 Å². The standard InChI is InChI=1S/C16H19NO3S/c1-13-5-3-4-6-16(13)17(2)21(19,20)12-15-9-7-14(11-18)8-10-15/h3-10,18H,11-12H2,1-2H3. The van der Waals surface area contributed by atoms with Crippen molar-refractivity contribution in [3.63, 3.8) is 0 Å². The van der Waals surface area contributed by atoms with E-state index in [2.05, 4.69) is 0 Å². The van der Waals surface area contributed by atoms with E-state index < -0.39 is 10.0 Å². The molecule has 21 heavy (non-hydrogen) atoms. The molecule has 0 amide bonds. The maximum atomic E-state index is 12.5. The van der Waals surface area contributed by atoms with E-state index in [4.69, 9.17) is 5.11 Å². The van der Waals surface area contributed by atoms with Gasteiger partial charge in [-0.2, -0.15) is 0 Å². The summed E-state index contributed by atoms with van der Waals surface area (Å²) in [7, 11) is -1.87. The number of aryl methyl sites for hydroxylation is 1. The molecule has 0 fully saturated rings. The molecule has 4 nitrogen and oxygen atoms in total. The smallest absolute Gasteiger partial charge is 0.239 e. The van der Waals surface area contributed by atoms with E-state index in [1.807, 2.05) is 25.1 Å². The van der Waals surface area contributed by atoms with Crippen molar-refractivity contribution in [1.82, 2.24) is 0 Å². The van der Waals surface area contributed by atoms with Crippen LogP contribution in [0.2, 0.25) is 0 Å². The predicted octanol–water partition coefficient (Wildman–Crippen LogP) is 2.45. The molecule has 2 aromatic rings. The van der Waals surface area contributed by atoms with Crippen LogP contribution >= 0.6 is 0 Å². The summed E-state index contributed by atoms with van der Waals surface area (Å²) in [5.74, 6) is -0.0659. The molecule has 0 heterocycles. The summed E-state index contributed by atoms with van der Waals surface area (Å²) >= 11 is 0. The Morgan fingerprint density at radius 1 is 1.00 bits per heavy atom. The Hall–Kier alpha value is -1.85. The van der Waals surface area contributed by atoms with E-state index in [1.54, 1.807) is 37.4 Å². The molecule has 1 N–H and O–H groups in total. The van der Waals surface area contributed by atoms with Crippen LogP contribution in [0.5, 0.6) is 0 Å². The molecule has 0 atom stereocenters. The molecule has 0 bridgehead atoms. The van der Waals surface area contributed by atoms with Gasteiger partial charge in [-0.25, -0.2) is 8.42 Å². The summed E-state index contributed by atoms with van der Waals surface area (Å²) in [5.41, 5.74) is 3.07. The van der Waals surface area contributed by atoms with Crippen molar-refractivity contribution < 1.29 is 13.5 Å². The molecular formula is C16H19NO3S. The minimum Gasteiger partial charge on any atom is -0.392 e. The molecule has 0 aliphatic heterocycles. The Bertz CT molecular complexity index is 709. The number of aliphatic hydroxyl groups is 1. The first kappa shape index (κ1) is 15.5. The highest BCUT2D eigenvalue weighted by Gasteiger charge is 2.20. The lowest BCUT2D eigenvalue weighted by molar-refractivity contribution is 0.282. The van der Waals surface area contributed by atoms with Crippen molar-refractivity contribution in [2.24, 2.45) is 0 Å². The number of para-hydroxylation sites is 1. The molecule has 2 rings (SSSR count). The highest BCUT2D eigenvalue weighted by molar-refractivity contribution is 7.92. The van der Waals surface area contributed by atoms with Crippen molar-refractivity contribution in [2.75, 3.05) is 11.4 Å². The molecule has 0 radical (unpaired) electrons. The number of hydrogen-bond acceptors (Lipinski definition) is 3. The van der Waals surface area contributed by atoms with Crippen molar-refractivity contribution in [1.29, 1.82) is 0 Å². The Balaban J connectivity index is 2.23. The minimum absolute atomic E-state index is 0.0455. The molecule has 112 valence electrons. The van der Waals surface area contributed by atoms with E-state index in [0.29, 0.717) is 11.3 Å². The Kier molecular flexibility index (Phi) is 4.65. The molecule has 0 unspecified atom stereocenters. The molecule has 0 saturated carbocycles. The summed E-state index contributed by atoms with van der Waals surface area (Å²) in [6, 6.07) is 14.3. The van der Waals surface area contributed by atoms with Crippen LogP contribution < -0.4 is 4.31 Å². The number of aliphatic hydroxyl groups excluding tert-OH is 1. The zero-order valence-electron chi connectivity index (χ0n) is 12.2. The average Bonchev–Trinajstić information content (AvgIpc) is 2.47. The summed E-state index contributed by atoms with van der Waals surface area (Å²) in [4.78, 5) is 0. The number of anilines is 1. The highest BCUT2D eigenvalue weighted by Crippen LogP contribution is 2.22. The molecule has 0 aromatic heterocycles. The van der Waals surface area contributed by atoms with Crippen molar-refractivity contribution in [3.8, 4) is 0 Å². The maximum Gasteiger partial charge on any atom is 0.239 e. The zero-order valence-corrected chi connectivity index (χ0v) is 13.0. The van der Waals surface area contributed by atoms with Gasteiger partial charge in [0.15, 0.2) is 0 Å². The van der Waals surface area contributed by atoms with Crippen molar-refractivity contribution in [2.45, 2.75) is 19.3 Å². The van der Waals surface area contributed by atoms with E-state index in [1.165, 1.54) is 4.31 Å². The third-order valence-electron chi connectivity index (χ3n) is 3.43. The number of benzene rings is 2.